The maximum absolute atomic E-state index is 12.8. The molecule has 0 saturated heterocycles. The van der Waals surface area contributed by atoms with Gasteiger partial charge in [-0.3, -0.25) is 4.79 Å². The van der Waals surface area contributed by atoms with Crippen LogP contribution in [0.5, 0.6) is 0 Å². The molecule has 0 bridgehead atoms. The van der Waals surface area contributed by atoms with E-state index in [0.717, 1.165) is 12.8 Å². The number of methoxy groups -OCH3 is 1. The highest BCUT2D eigenvalue weighted by atomic mass is 16.5. The molecule has 1 fully saturated rings. The van der Waals surface area contributed by atoms with Crippen LogP contribution in [0.1, 0.15) is 59.8 Å². The third-order valence-electron chi connectivity index (χ3n) is 6.54. The van der Waals surface area contributed by atoms with Crippen molar-refractivity contribution < 1.29 is 29.0 Å². The number of rotatable bonds is 7. The van der Waals surface area contributed by atoms with Gasteiger partial charge in [0.25, 0.3) is 0 Å². The van der Waals surface area contributed by atoms with Crippen molar-refractivity contribution in [2.45, 2.75) is 71.5 Å². The summed E-state index contributed by atoms with van der Waals surface area (Å²) in [7, 11) is 1.26. The van der Waals surface area contributed by atoms with Crippen LogP contribution < -0.4 is 0 Å². The summed E-state index contributed by atoms with van der Waals surface area (Å²) in [6.07, 6.45) is 14.4. The molecule has 0 amide bonds. The van der Waals surface area contributed by atoms with Gasteiger partial charge < -0.3 is 14.6 Å². The van der Waals surface area contributed by atoms with E-state index in [9.17, 15) is 19.5 Å². The number of aliphatic hydroxyl groups is 1. The Labute approximate surface area is 190 Å². The van der Waals surface area contributed by atoms with E-state index in [2.05, 4.69) is 13.0 Å². The minimum absolute atomic E-state index is 0.169. The van der Waals surface area contributed by atoms with Crippen LogP contribution in [0.25, 0.3) is 0 Å². The van der Waals surface area contributed by atoms with Crippen molar-refractivity contribution >= 4 is 17.7 Å². The van der Waals surface area contributed by atoms with Crippen molar-refractivity contribution in [2.75, 3.05) is 7.11 Å². The van der Waals surface area contributed by atoms with Crippen molar-refractivity contribution in [1.82, 2.24) is 0 Å². The quantitative estimate of drug-likeness (QED) is 0.359. The van der Waals surface area contributed by atoms with Crippen molar-refractivity contribution in [1.29, 1.82) is 0 Å². The summed E-state index contributed by atoms with van der Waals surface area (Å²) in [4.78, 5) is 37.2. The van der Waals surface area contributed by atoms with E-state index in [1.807, 2.05) is 19.1 Å². The van der Waals surface area contributed by atoms with Crippen LogP contribution >= 0.6 is 0 Å². The number of hydrogen-bond acceptors (Lipinski definition) is 6. The molecular formula is C26H34O6. The Bertz CT molecular complexity index is 899. The lowest BCUT2D eigenvalue weighted by atomic mass is 9.56. The SMILES string of the molecule is CCC/C=C/C=C/C=C/C(=O)O[C@@H]1CC[C@@](C)(O)[C@@]2(C)C/C(=C(\C)C(=O)OC)C(=O)C=C12. The minimum Gasteiger partial charge on any atom is -0.466 e. The molecule has 2 rings (SSSR count). The maximum atomic E-state index is 12.8. The first-order valence-electron chi connectivity index (χ1n) is 11.0. The van der Waals surface area contributed by atoms with Gasteiger partial charge in [-0.2, -0.15) is 0 Å². The molecule has 0 aromatic heterocycles. The third-order valence-corrected chi connectivity index (χ3v) is 6.54. The maximum Gasteiger partial charge on any atom is 0.333 e. The lowest BCUT2D eigenvalue weighted by Crippen LogP contribution is -2.54. The largest absolute Gasteiger partial charge is 0.466 e. The van der Waals surface area contributed by atoms with Gasteiger partial charge in [-0.25, -0.2) is 9.59 Å². The molecule has 0 unspecified atom stereocenters. The fraction of sp³-hybridized carbons (Fsp3) is 0.500. The Morgan fingerprint density at radius 3 is 2.56 bits per heavy atom. The Hall–Kier alpha value is -2.73. The van der Waals surface area contributed by atoms with E-state index in [1.54, 1.807) is 26.0 Å². The average molecular weight is 443 g/mol. The Morgan fingerprint density at radius 2 is 1.91 bits per heavy atom. The molecule has 32 heavy (non-hydrogen) atoms. The minimum atomic E-state index is -1.13. The number of unbranched alkanes of at least 4 members (excludes halogenated alkanes) is 1. The molecule has 0 aromatic rings. The van der Waals surface area contributed by atoms with Crippen molar-refractivity contribution in [3.8, 4) is 0 Å². The van der Waals surface area contributed by atoms with Crippen LogP contribution in [0.2, 0.25) is 0 Å². The van der Waals surface area contributed by atoms with E-state index in [1.165, 1.54) is 19.3 Å². The predicted octanol–water partition coefficient (Wildman–Crippen LogP) is 4.31. The summed E-state index contributed by atoms with van der Waals surface area (Å²) < 4.78 is 10.4. The van der Waals surface area contributed by atoms with Crippen LogP contribution in [0.3, 0.4) is 0 Å². The first-order chi connectivity index (χ1) is 15.1. The summed E-state index contributed by atoms with van der Waals surface area (Å²) in [6.45, 7) is 7.21. The van der Waals surface area contributed by atoms with E-state index in [4.69, 9.17) is 9.47 Å². The van der Waals surface area contributed by atoms with Gasteiger partial charge in [-0.15, -0.1) is 0 Å². The number of ketones is 1. The lowest BCUT2D eigenvalue weighted by Gasteiger charge is -2.52. The molecule has 1 N–H and O–H groups in total. The van der Waals surface area contributed by atoms with Gasteiger partial charge in [-0.05, 0) is 51.2 Å². The highest BCUT2D eigenvalue weighted by molar-refractivity contribution is 6.10. The zero-order valence-electron chi connectivity index (χ0n) is 19.6. The van der Waals surface area contributed by atoms with Gasteiger partial charge in [0, 0.05) is 22.6 Å². The summed E-state index contributed by atoms with van der Waals surface area (Å²) in [5, 5.41) is 11.2. The molecule has 174 valence electrons. The molecular weight excluding hydrogens is 408 g/mol. The molecule has 2 aliphatic rings. The van der Waals surface area contributed by atoms with Gasteiger partial charge in [0.2, 0.25) is 0 Å². The number of fused-ring (bicyclic) bond motifs is 1. The van der Waals surface area contributed by atoms with E-state index >= 15 is 0 Å². The number of hydrogen-bond donors (Lipinski definition) is 1. The predicted molar refractivity (Wildman–Crippen MR) is 123 cm³/mol. The van der Waals surface area contributed by atoms with Gasteiger partial charge >= 0.3 is 11.9 Å². The molecule has 6 heteroatoms. The Kier molecular flexibility index (Phi) is 8.56. The van der Waals surface area contributed by atoms with Crippen LogP contribution in [0.15, 0.2) is 59.3 Å². The fourth-order valence-electron chi connectivity index (χ4n) is 4.22. The first kappa shape index (κ1) is 25.5. The summed E-state index contributed by atoms with van der Waals surface area (Å²) in [5.74, 6) is -1.41. The molecule has 0 aromatic carbocycles. The van der Waals surface area contributed by atoms with Gasteiger partial charge in [0.1, 0.15) is 6.10 Å². The summed E-state index contributed by atoms with van der Waals surface area (Å²) in [6, 6.07) is 0. The standard InChI is InChI=1S/C26H34O6/c1-6-7-8-9-10-11-12-13-23(28)32-22-14-15-26(4,30)25(3)17-19(18(2)24(29)31-5)21(27)16-20(22)25/h8-13,16,22,30H,6-7,14-15,17H2,1-5H3/b9-8+,11-10+,13-12+,19-18-/t22-,25+,26-/m1/s1. The zero-order chi connectivity index (χ0) is 23.9. The summed E-state index contributed by atoms with van der Waals surface area (Å²) >= 11 is 0. The first-order valence-corrected chi connectivity index (χ1v) is 11.0. The van der Waals surface area contributed by atoms with E-state index < -0.39 is 29.1 Å². The molecule has 2 aliphatic carbocycles. The van der Waals surface area contributed by atoms with Crippen molar-refractivity contribution in [3.63, 3.8) is 0 Å². The number of carbonyl (C=O) groups excluding carboxylic acids is 3. The lowest BCUT2D eigenvalue weighted by molar-refractivity contribution is -0.149. The topological polar surface area (TPSA) is 89.9 Å². The van der Waals surface area contributed by atoms with Crippen molar-refractivity contribution in [2.24, 2.45) is 5.41 Å². The van der Waals surface area contributed by atoms with E-state index in [0.29, 0.717) is 24.0 Å². The monoisotopic (exact) mass is 442 g/mol. The second-order valence-corrected chi connectivity index (χ2v) is 8.77. The molecule has 6 nitrogen and oxygen atoms in total. The molecule has 0 radical (unpaired) electrons. The van der Waals surface area contributed by atoms with Crippen LogP contribution in [0.4, 0.5) is 0 Å². The Balaban J connectivity index is 2.25. The zero-order valence-corrected chi connectivity index (χ0v) is 19.6. The van der Waals surface area contributed by atoms with Gasteiger partial charge in [0.15, 0.2) is 5.78 Å². The van der Waals surface area contributed by atoms with E-state index in [-0.39, 0.29) is 17.8 Å². The molecule has 1 saturated carbocycles. The normalized spacial score (nSPS) is 29.9. The second kappa shape index (κ2) is 10.7. The molecule has 3 atom stereocenters. The average Bonchev–Trinajstić information content (AvgIpc) is 2.75. The van der Waals surface area contributed by atoms with Crippen LogP contribution in [0, 0.1) is 5.41 Å². The number of ether oxygens (including phenoxy) is 2. The van der Waals surface area contributed by atoms with Gasteiger partial charge in [0.05, 0.1) is 12.7 Å². The molecule has 0 aliphatic heterocycles. The van der Waals surface area contributed by atoms with Crippen molar-refractivity contribution in [3.05, 3.63) is 59.3 Å². The van der Waals surface area contributed by atoms with Crippen LogP contribution in [-0.4, -0.2) is 41.6 Å². The van der Waals surface area contributed by atoms with Crippen LogP contribution in [-0.2, 0) is 23.9 Å². The molecule has 0 spiro atoms. The number of carbonyl (C=O) groups is 3. The highest BCUT2D eigenvalue weighted by Crippen LogP contribution is 2.54. The fourth-order valence-corrected chi connectivity index (χ4v) is 4.22. The second-order valence-electron chi connectivity index (χ2n) is 8.77. The number of esters is 2. The summed E-state index contributed by atoms with van der Waals surface area (Å²) in [5.41, 5.74) is -0.862. The highest BCUT2D eigenvalue weighted by Gasteiger charge is 2.55. The Morgan fingerprint density at radius 1 is 1.22 bits per heavy atom. The molecule has 0 heterocycles. The third kappa shape index (κ3) is 5.54. The van der Waals surface area contributed by atoms with Gasteiger partial charge in [-0.1, -0.05) is 50.6 Å². The smallest absolute Gasteiger partial charge is 0.333 e. The number of allylic oxidation sites excluding steroid dienone is 7.